The van der Waals surface area contributed by atoms with Gasteiger partial charge in [-0.3, -0.25) is 9.69 Å². The Morgan fingerprint density at radius 3 is 2.60 bits per heavy atom. The standard InChI is InChI=1S/C14H20BrN3OS/c1-2-16-3-5-17(6-4-16)12-8-18(9-12)14(19)13-7-11(15)10-20-13/h7,10,12H,2-6,8-9H2,1H3. The second-order valence-electron chi connectivity index (χ2n) is 5.46. The molecule has 0 aliphatic carbocycles. The van der Waals surface area contributed by atoms with Crippen LogP contribution in [-0.2, 0) is 0 Å². The largest absolute Gasteiger partial charge is 0.335 e. The molecule has 2 aliphatic heterocycles. The van der Waals surface area contributed by atoms with Crippen LogP contribution < -0.4 is 0 Å². The average molecular weight is 358 g/mol. The first-order chi connectivity index (χ1) is 9.67. The fourth-order valence-corrected chi connectivity index (χ4v) is 4.27. The number of carbonyl (C=O) groups excluding carboxylic acids is 1. The third-order valence-corrected chi connectivity index (χ3v) is 5.98. The molecule has 0 saturated carbocycles. The molecular formula is C14H20BrN3OS. The van der Waals surface area contributed by atoms with Crippen LogP contribution in [0.5, 0.6) is 0 Å². The van der Waals surface area contributed by atoms with Gasteiger partial charge in [-0.1, -0.05) is 6.92 Å². The maximum absolute atomic E-state index is 12.3. The Morgan fingerprint density at radius 2 is 2.05 bits per heavy atom. The molecule has 0 radical (unpaired) electrons. The van der Waals surface area contributed by atoms with E-state index in [-0.39, 0.29) is 5.91 Å². The van der Waals surface area contributed by atoms with Crippen LogP contribution in [0.3, 0.4) is 0 Å². The first kappa shape index (κ1) is 14.5. The Morgan fingerprint density at radius 1 is 1.35 bits per heavy atom. The van der Waals surface area contributed by atoms with Gasteiger partial charge >= 0.3 is 0 Å². The molecule has 3 rings (SSSR count). The highest BCUT2D eigenvalue weighted by molar-refractivity contribution is 9.10. The number of amides is 1. The van der Waals surface area contributed by atoms with Crippen LogP contribution in [0.4, 0.5) is 0 Å². The van der Waals surface area contributed by atoms with Gasteiger partial charge in [-0.2, -0.15) is 0 Å². The van der Waals surface area contributed by atoms with Crippen LogP contribution in [0, 0.1) is 0 Å². The van der Waals surface area contributed by atoms with Crippen molar-refractivity contribution < 1.29 is 4.79 Å². The summed E-state index contributed by atoms with van der Waals surface area (Å²) in [5, 5.41) is 1.97. The van der Waals surface area contributed by atoms with Gasteiger partial charge in [0, 0.05) is 55.2 Å². The third kappa shape index (κ3) is 2.93. The first-order valence-corrected chi connectivity index (χ1v) is 8.84. The van der Waals surface area contributed by atoms with Gasteiger partial charge in [-0.25, -0.2) is 0 Å². The van der Waals surface area contributed by atoms with E-state index in [1.54, 1.807) is 0 Å². The maximum Gasteiger partial charge on any atom is 0.264 e. The molecule has 2 aliphatic rings. The van der Waals surface area contributed by atoms with E-state index < -0.39 is 0 Å². The Bertz CT molecular complexity index is 479. The highest BCUT2D eigenvalue weighted by atomic mass is 79.9. The number of thiophene rings is 1. The molecule has 1 aromatic rings. The van der Waals surface area contributed by atoms with Crippen LogP contribution >= 0.6 is 27.3 Å². The van der Waals surface area contributed by atoms with E-state index in [0.717, 1.165) is 42.1 Å². The summed E-state index contributed by atoms with van der Waals surface area (Å²) in [6.45, 7) is 9.77. The van der Waals surface area contributed by atoms with Gasteiger partial charge in [-0.05, 0) is 28.5 Å². The van der Waals surface area contributed by atoms with Crippen LogP contribution in [0.15, 0.2) is 15.9 Å². The molecule has 0 N–H and O–H groups in total. The minimum atomic E-state index is 0.184. The molecule has 4 nitrogen and oxygen atoms in total. The van der Waals surface area contributed by atoms with Crippen molar-refractivity contribution in [3.63, 3.8) is 0 Å². The summed E-state index contributed by atoms with van der Waals surface area (Å²) in [5.41, 5.74) is 0. The van der Waals surface area contributed by atoms with Crippen molar-refractivity contribution in [2.24, 2.45) is 0 Å². The molecule has 1 amide bonds. The van der Waals surface area contributed by atoms with Crippen LogP contribution in [0.2, 0.25) is 0 Å². The minimum Gasteiger partial charge on any atom is -0.335 e. The van der Waals surface area contributed by atoms with Crippen LogP contribution in [-0.4, -0.2) is 72.5 Å². The Balaban J connectivity index is 1.48. The molecule has 3 heterocycles. The summed E-state index contributed by atoms with van der Waals surface area (Å²) in [4.78, 5) is 20.1. The summed E-state index contributed by atoms with van der Waals surface area (Å²) in [6, 6.07) is 2.49. The molecule has 110 valence electrons. The van der Waals surface area contributed by atoms with Gasteiger partial charge in [0.15, 0.2) is 0 Å². The van der Waals surface area contributed by atoms with Gasteiger partial charge in [0.25, 0.3) is 5.91 Å². The van der Waals surface area contributed by atoms with Crippen molar-refractivity contribution in [1.29, 1.82) is 0 Å². The van der Waals surface area contributed by atoms with E-state index in [1.807, 2.05) is 16.3 Å². The molecule has 0 bridgehead atoms. The zero-order valence-electron chi connectivity index (χ0n) is 11.7. The zero-order chi connectivity index (χ0) is 14.1. The van der Waals surface area contributed by atoms with E-state index in [0.29, 0.717) is 6.04 Å². The fourth-order valence-electron chi connectivity index (χ4n) is 2.88. The summed E-state index contributed by atoms with van der Waals surface area (Å²) < 4.78 is 0.999. The average Bonchev–Trinajstić information content (AvgIpc) is 2.84. The number of hydrogen-bond acceptors (Lipinski definition) is 4. The smallest absolute Gasteiger partial charge is 0.264 e. The van der Waals surface area contributed by atoms with Gasteiger partial charge in [0.05, 0.1) is 4.88 Å². The number of halogens is 1. The third-order valence-electron chi connectivity index (χ3n) is 4.30. The van der Waals surface area contributed by atoms with Gasteiger partial charge in [-0.15, -0.1) is 11.3 Å². The number of hydrogen-bond donors (Lipinski definition) is 0. The number of piperazine rings is 1. The zero-order valence-corrected chi connectivity index (χ0v) is 14.1. The van der Waals surface area contributed by atoms with Crippen molar-refractivity contribution >= 4 is 33.2 Å². The number of likely N-dealkylation sites (tertiary alicyclic amines) is 1. The van der Waals surface area contributed by atoms with Crippen molar-refractivity contribution in [1.82, 2.24) is 14.7 Å². The van der Waals surface area contributed by atoms with Gasteiger partial charge < -0.3 is 9.80 Å². The minimum absolute atomic E-state index is 0.184. The lowest BCUT2D eigenvalue weighted by Crippen LogP contribution is -2.64. The maximum atomic E-state index is 12.3. The summed E-state index contributed by atoms with van der Waals surface area (Å²) in [6.07, 6.45) is 0. The molecule has 20 heavy (non-hydrogen) atoms. The lowest BCUT2D eigenvalue weighted by atomic mass is 10.1. The highest BCUT2D eigenvalue weighted by Crippen LogP contribution is 2.25. The van der Waals surface area contributed by atoms with Crippen LogP contribution in [0.25, 0.3) is 0 Å². The van der Waals surface area contributed by atoms with E-state index in [4.69, 9.17) is 0 Å². The summed E-state index contributed by atoms with van der Waals surface area (Å²) in [7, 11) is 0. The normalized spacial score (nSPS) is 22.0. The topological polar surface area (TPSA) is 26.8 Å². The lowest BCUT2D eigenvalue weighted by Gasteiger charge is -2.48. The number of rotatable bonds is 3. The Labute approximate surface area is 132 Å². The monoisotopic (exact) mass is 357 g/mol. The summed E-state index contributed by atoms with van der Waals surface area (Å²) >= 11 is 4.92. The SMILES string of the molecule is CCN1CCN(C2CN(C(=O)c3cc(Br)cs3)C2)CC1. The van der Waals surface area contributed by atoms with Gasteiger partial charge in [0.2, 0.25) is 0 Å². The fraction of sp³-hybridized carbons (Fsp3) is 0.643. The molecule has 1 aromatic heterocycles. The van der Waals surface area contributed by atoms with E-state index in [9.17, 15) is 4.79 Å². The predicted octanol–water partition coefficient (Wildman–Crippen LogP) is 1.97. The summed E-state index contributed by atoms with van der Waals surface area (Å²) in [5.74, 6) is 0.184. The molecule has 0 spiro atoms. The molecule has 2 fully saturated rings. The number of nitrogens with zero attached hydrogens (tertiary/aromatic N) is 3. The highest BCUT2D eigenvalue weighted by Gasteiger charge is 2.36. The van der Waals surface area contributed by atoms with E-state index in [1.165, 1.54) is 24.4 Å². The second kappa shape index (κ2) is 6.13. The molecule has 0 unspecified atom stereocenters. The van der Waals surface area contributed by atoms with Crippen molar-refractivity contribution in [3.8, 4) is 0 Å². The number of likely N-dealkylation sites (N-methyl/N-ethyl adjacent to an activating group) is 1. The Kier molecular flexibility index (Phi) is 4.45. The van der Waals surface area contributed by atoms with Gasteiger partial charge in [0.1, 0.15) is 0 Å². The van der Waals surface area contributed by atoms with Crippen molar-refractivity contribution in [2.75, 3.05) is 45.8 Å². The predicted molar refractivity (Wildman–Crippen MR) is 85.4 cm³/mol. The second-order valence-corrected chi connectivity index (χ2v) is 7.29. The van der Waals surface area contributed by atoms with Crippen LogP contribution in [0.1, 0.15) is 16.6 Å². The Hall–Kier alpha value is -0.430. The van der Waals surface area contributed by atoms with Crippen molar-refractivity contribution in [3.05, 3.63) is 20.8 Å². The molecule has 0 aromatic carbocycles. The van der Waals surface area contributed by atoms with E-state index in [2.05, 4.69) is 32.7 Å². The number of carbonyl (C=O) groups is 1. The first-order valence-electron chi connectivity index (χ1n) is 7.17. The van der Waals surface area contributed by atoms with Crippen molar-refractivity contribution in [2.45, 2.75) is 13.0 Å². The molecule has 6 heteroatoms. The quantitative estimate of drug-likeness (QED) is 0.827. The molecular weight excluding hydrogens is 338 g/mol. The lowest BCUT2D eigenvalue weighted by molar-refractivity contribution is 0.00868. The molecule has 2 saturated heterocycles. The van der Waals surface area contributed by atoms with E-state index >= 15 is 0 Å². The molecule has 0 atom stereocenters.